The molecule has 0 aliphatic carbocycles. The second-order valence-corrected chi connectivity index (χ2v) is 3.19. The maximum atomic E-state index is 10.4. The van der Waals surface area contributed by atoms with Gasteiger partial charge in [0.1, 0.15) is 12.2 Å². The number of hydrogen-bond donors (Lipinski definition) is 4. The summed E-state index contributed by atoms with van der Waals surface area (Å²) in [5.41, 5.74) is 5.97. The van der Waals surface area contributed by atoms with Crippen molar-refractivity contribution >= 4 is 11.7 Å². The molecule has 0 saturated carbocycles. The van der Waals surface area contributed by atoms with Crippen LogP contribution in [0, 0.1) is 11.3 Å². The summed E-state index contributed by atoms with van der Waals surface area (Å²) in [5, 5.41) is 35.7. The molecule has 0 bridgehead atoms. The second-order valence-electron chi connectivity index (χ2n) is 3.19. The molecule has 1 aromatic rings. The molecule has 2 unspecified atom stereocenters. The van der Waals surface area contributed by atoms with Gasteiger partial charge >= 0.3 is 5.97 Å². The molecule has 0 spiro atoms. The molecule has 0 aliphatic heterocycles. The standard InChI is InChI=1S/C10H10N2O4/c11-4-6-2-1-5(3-7(6)12)8(13)9(14)10(15)16/h1-3,8-9,13-14H,12H2,(H,15,16). The third kappa shape index (κ3) is 2.28. The zero-order valence-corrected chi connectivity index (χ0v) is 8.16. The van der Waals surface area contributed by atoms with Gasteiger partial charge < -0.3 is 21.1 Å². The third-order valence-corrected chi connectivity index (χ3v) is 2.09. The maximum Gasteiger partial charge on any atom is 0.335 e. The first-order valence-corrected chi connectivity index (χ1v) is 4.36. The van der Waals surface area contributed by atoms with Gasteiger partial charge in [0.25, 0.3) is 0 Å². The number of hydrogen-bond acceptors (Lipinski definition) is 5. The fourth-order valence-electron chi connectivity index (χ4n) is 1.18. The van der Waals surface area contributed by atoms with E-state index in [9.17, 15) is 9.90 Å². The van der Waals surface area contributed by atoms with E-state index < -0.39 is 18.2 Å². The number of aliphatic hydroxyl groups excluding tert-OH is 2. The number of carboxylic acids is 1. The molecular weight excluding hydrogens is 212 g/mol. The van der Waals surface area contributed by atoms with Gasteiger partial charge in [-0.3, -0.25) is 0 Å². The van der Waals surface area contributed by atoms with Gasteiger partial charge in [0.2, 0.25) is 0 Å². The van der Waals surface area contributed by atoms with Crippen LogP contribution in [0.1, 0.15) is 17.2 Å². The van der Waals surface area contributed by atoms with Crippen LogP contribution in [0.25, 0.3) is 0 Å². The smallest absolute Gasteiger partial charge is 0.335 e. The van der Waals surface area contributed by atoms with Gasteiger partial charge in [-0.1, -0.05) is 6.07 Å². The van der Waals surface area contributed by atoms with E-state index in [1.807, 2.05) is 6.07 Å². The zero-order chi connectivity index (χ0) is 12.3. The first-order chi connectivity index (χ1) is 7.47. The van der Waals surface area contributed by atoms with Crippen LogP contribution in [-0.4, -0.2) is 27.4 Å². The Morgan fingerprint density at radius 1 is 1.44 bits per heavy atom. The number of aliphatic hydroxyl groups is 2. The van der Waals surface area contributed by atoms with Crippen molar-refractivity contribution < 1.29 is 20.1 Å². The molecule has 0 amide bonds. The number of carbonyl (C=O) groups is 1. The Kier molecular flexibility index (Phi) is 3.45. The van der Waals surface area contributed by atoms with Crippen molar-refractivity contribution in [3.8, 4) is 6.07 Å². The van der Waals surface area contributed by atoms with E-state index in [0.29, 0.717) is 0 Å². The van der Waals surface area contributed by atoms with Gasteiger partial charge in [0.05, 0.1) is 5.56 Å². The molecule has 5 N–H and O–H groups in total. The fraction of sp³-hybridized carbons (Fsp3) is 0.200. The number of benzene rings is 1. The molecule has 1 rings (SSSR count). The number of anilines is 1. The average molecular weight is 222 g/mol. The zero-order valence-electron chi connectivity index (χ0n) is 8.16. The quantitative estimate of drug-likeness (QED) is 0.516. The molecule has 16 heavy (non-hydrogen) atoms. The van der Waals surface area contributed by atoms with Crippen molar-refractivity contribution in [3.05, 3.63) is 29.3 Å². The molecule has 6 heteroatoms. The fourth-order valence-corrected chi connectivity index (χ4v) is 1.18. The Bertz CT molecular complexity index is 453. The predicted octanol–water partition coefficient (Wildman–Crippen LogP) is -0.381. The first-order valence-electron chi connectivity index (χ1n) is 4.36. The van der Waals surface area contributed by atoms with E-state index in [1.165, 1.54) is 18.2 Å². The SMILES string of the molecule is N#Cc1ccc(C(O)C(O)C(=O)O)cc1N. The van der Waals surface area contributed by atoms with Crippen molar-refractivity contribution in [2.45, 2.75) is 12.2 Å². The molecule has 0 aromatic heterocycles. The molecule has 0 fully saturated rings. The van der Waals surface area contributed by atoms with Crippen molar-refractivity contribution in [1.82, 2.24) is 0 Å². The van der Waals surface area contributed by atoms with Crippen LogP contribution in [0.3, 0.4) is 0 Å². The number of nitriles is 1. The Morgan fingerprint density at radius 2 is 2.06 bits per heavy atom. The summed E-state index contributed by atoms with van der Waals surface area (Å²) in [6.07, 6.45) is -3.50. The van der Waals surface area contributed by atoms with Crippen molar-refractivity contribution in [2.24, 2.45) is 0 Å². The molecule has 1 aromatic carbocycles. The Labute approximate surface area is 91.2 Å². The van der Waals surface area contributed by atoms with Crippen LogP contribution in [0.4, 0.5) is 5.69 Å². The molecule has 84 valence electrons. The monoisotopic (exact) mass is 222 g/mol. The minimum atomic E-state index is -1.92. The first kappa shape index (κ1) is 12.0. The summed E-state index contributed by atoms with van der Waals surface area (Å²) in [6, 6.07) is 5.78. The molecule has 0 aliphatic rings. The minimum Gasteiger partial charge on any atom is -0.479 e. The van der Waals surface area contributed by atoms with Crippen LogP contribution in [0.2, 0.25) is 0 Å². The van der Waals surface area contributed by atoms with Crippen LogP contribution in [-0.2, 0) is 4.79 Å². The topological polar surface area (TPSA) is 128 Å². The summed E-state index contributed by atoms with van der Waals surface area (Å²) < 4.78 is 0. The highest BCUT2D eigenvalue weighted by atomic mass is 16.4. The summed E-state index contributed by atoms with van der Waals surface area (Å²) >= 11 is 0. The lowest BCUT2D eigenvalue weighted by Crippen LogP contribution is -2.27. The Hall–Kier alpha value is -2.10. The van der Waals surface area contributed by atoms with Gasteiger partial charge in [0, 0.05) is 5.69 Å². The van der Waals surface area contributed by atoms with Crippen molar-refractivity contribution in [3.63, 3.8) is 0 Å². The Morgan fingerprint density at radius 3 is 2.50 bits per heavy atom. The number of nitrogen functional groups attached to an aromatic ring is 1. The third-order valence-electron chi connectivity index (χ3n) is 2.09. The van der Waals surface area contributed by atoms with E-state index in [1.54, 1.807) is 0 Å². The normalized spacial score (nSPS) is 13.8. The highest BCUT2D eigenvalue weighted by molar-refractivity contribution is 5.73. The lowest BCUT2D eigenvalue weighted by atomic mass is 10.0. The van der Waals surface area contributed by atoms with Gasteiger partial charge in [-0.15, -0.1) is 0 Å². The number of nitrogens with two attached hydrogens (primary N) is 1. The van der Waals surface area contributed by atoms with E-state index in [2.05, 4.69) is 0 Å². The van der Waals surface area contributed by atoms with Gasteiger partial charge in [0.15, 0.2) is 6.10 Å². The van der Waals surface area contributed by atoms with Crippen LogP contribution < -0.4 is 5.73 Å². The maximum absolute atomic E-state index is 10.4. The van der Waals surface area contributed by atoms with Gasteiger partial charge in [-0.05, 0) is 17.7 Å². The molecule has 0 heterocycles. The second kappa shape index (κ2) is 4.61. The number of carboxylic acid groups (broad SMARTS) is 1. The van der Waals surface area contributed by atoms with Crippen LogP contribution in [0.15, 0.2) is 18.2 Å². The number of aliphatic carboxylic acids is 1. The number of rotatable bonds is 3. The van der Waals surface area contributed by atoms with Crippen LogP contribution in [0.5, 0.6) is 0 Å². The largest absolute Gasteiger partial charge is 0.479 e. The van der Waals surface area contributed by atoms with E-state index in [0.717, 1.165) is 0 Å². The lowest BCUT2D eigenvalue weighted by molar-refractivity contribution is -0.153. The summed E-state index contributed by atoms with van der Waals surface area (Å²) in [4.78, 5) is 10.4. The predicted molar refractivity (Wildman–Crippen MR) is 54.2 cm³/mol. The highest BCUT2D eigenvalue weighted by Gasteiger charge is 2.25. The van der Waals surface area contributed by atoms with E-state index in [-0.39, 0.29) is 16.8 Å². The minimum absolute atomic E-state index is 0.122. The van der Waals surface area contributed by atoms with Gasteiger partial charge in [-0.25, -0.2) is 4.79 Å². The molecule has 0 radical (unpaired) electrons. The van der Waals surface area contributed by atoms with E-state index in [4.69, 9.17) is 21.2 Å². The summed E-state index contributed by atoms with van der Waals surface area (Å²) in [7, 11) is 0. The summed E-state index contributed by atoms with van der Waals surface area (Å²) in [5.74, 6) is -1.53. The molecular formula is C10H10N2O4. The number of nitrogens with zero attached hydrogens (tertiary/aromatic N) is 1. The molecule has 0 saturated heterocycles. The van der Waals surface area contributed by atoms with E-state index >= 15 is 0 Å². The average Bonchev–Trinajstić information content (AvgIpc) is 2.26. The van der Waals surface area contributed by atoms with Crippen LogP contribution >= 0.6 is 0 Å². The highest BCUT2D eigenvalue weighted by Crippen LogP contribution is 2.21. The Balaban J connectivity index is 3.02. The molecule has 2 atom stereocenters. The lowest BCUT2D eigenvalue weighted by Gasteiger charge is -2.14. The van der Waals surface area contributed by atoms with Crippen molar-refractivity contribution in [2.75, 3.05) is 5.73 Å². The molecule has 6 nitrogen and oxygen atoms in total. The summed E-state index contributed by atoms with van der Waals surface area (Å²) in [6.45, 7) is 0. The van der Waals surface area contributed by atoms with Crippen molar-refractivity contribution in [1.29, 1.82) is 5.26 Å². The van der Waals surface area contributed by atoms with Gasteiger partial charge in [-0.2, -0.15) is 5.26 Å².